The van der Waals surface area contributed by atoms with Gasteiger partial charge in [-0.15, -0.1) is 0 Å². The van der Waals surface area contributed by atoms with Crippen molar-refractivity contribution in [2.75, 3.05) is 25.7 Å². The van der Waals surface area contributed by atoms with Crippen LogP contribution in [0, 0.1) is 0 Å². The number of nitrogens with two attached hydrogens (primary N) is 2. The average Bonchev–Trinajstić information content (AvgIpc) is 3.09. The number of fused-ring (bicyclic) bond motifs is 3. The van der Waals surface area contributed by atoms with Crippen LogP contribution in [0.15, 0.2) is 84.9 Å². The van der Waals surface area contributed by atoms with Crippen LogP contribution in [0.2, 0.25) is 0 Å². The van der Waals surface area contributed by atoms with Crippen molar-refractivity contribution in [2.45, 2.75) is 5.41 Å². The van der Waals surface area contributed by atoms with E-state index in [0.717, 1.165) is 45.1 Å². The first-order chi connectivity index (χ1) is 15.1. The zero-order valence-electron chi connectivity index (χ0n) is 17.6. The van der Waals surface area contributed by atoms with Crippen LogP contribution in [0.25, 0.3) is 11.1 Å². The number of hydrogen-bond donors (Lipinski definition) is 2. The zero-order valence-corrected chi connectivity index (χ0v) is 17.6. The molecule has 0 saturated carbocycles. The van der Waals surface area contributed by atoms with E-state index < -0.39 is 5.41 Å². The normalized spacial score (nSPS) is 13.4. The molecule has 0 unspecified atom stereocenters. The number of hydrogen-bond acceptors (Lipinski definition) is 4. The summed E-state index contributed by atoms with van der Waals surface area (Å²) >= 11 is 0. The summed E-state index contributed by atoms with van der Waals surface area (Å²) in [5, 5.41) is 0. The molecular weight excluding hydrogens is 384 g/mol. The van der Waals surface area contributed by atoms with Crippen LogP contribution in [-0.4, -0.2) is 14.2 Å². The molecule has 4 heteroatoms. The maximum Gasteiger partial charge on any atom is 0.119 e. The van der Waals surface area contributed by atoms with Crippen molar-refractivity contribution in [1.82, 2.24) is 0 Å². The highest BCUT2D eigenvalue weighted by Gasteiger charge is 2.46. The lowest BCUT2D eigenvalue weighted by Gasteiger charge is -2.34. The largest absolute Gasteiger partial charge is 0.497 e. The molecule has 5 rings (SSSR count). The van der Waals surface area contributed by atoms with Crippen LogP contribution >= 0.6 is 0 Å². The van der Waals surface area contributed by atoms with Gasteiger partial charge in [-0.2, -0.15) is 0 Å². The van der Waals surface area contributed by atoms with E-state index in [2.05, 4.69) is 48.5 Å². The summed E-state index contributed by atoms with van der Waals surface area (Å²) in [5.74, 6) is 1.63. The van der Waals surface area contributed by atoms with Gasteiger partial charge in [-0.1, -0.05) is 36.4 Å². The molecule has 0 spiro atoms. The highest BCUT2D eigenvalue weighted by Crippen LogP contribution is 2.57. The van der Waals surface area contributed by atoms with E-state index >= 15 is 0 Å². The summed E-state index contributed by atoms with van der Waals surface area (Å²) in [6.45, 7) is 0. The van der Waals surface area contributed by atoms with Crippen LogP contribution in [-0.2, 0) is 5.41 Å². The van der Waals surface area contributed by atoms with Gasteiger partial charge < -0.3 is 20.9 Å². The van der Waals surface area contributed by atoms with Crippen LogP contribution in [0.1, 0.15) is 22.3 Å². The van der Waals surface area contributed by atoms with Gasteiger partial charge in [0.25, 0.3) is 0 Å². The highest BCUT2D eigenvalue weighted by atomic mass is 16.5. The summed E-state index contributed by atoms with van der Waals surface area (Å²) in [7, 11) is 3.39. The Balaban J connectivity index is 1.95. The van der Waals surface area contributed by atoms with Gasteiger partial charge in [0.05, 0.1) is 19.6 Å². The van der Waals surface area contributed by atoms with E-state index in [-0.39, 0.29) is 0 Å². The second kappa shape index (κ2) is 7.10. The maximum absolute atomic E-state index is 6.05. The molecular formula is C27H24N2O2. The quantitative estimate of drug-likeness (QED) is 0.400. The fourth-order valence-electron chi connectivity index (χ4n) is 4.79. The molecule has 0 saturated heterocycles. The van der Waals surface area contributed by atoms with Crippen molar-refractivity contribution >= 4 is 11.4 Å². The fourth-order valence-corrected chi connectivity index (χ4v) is 4.79. The molecule has 1 aliphatic carbocycles. The molecule has 4 aromatic carbocycles. The standard InChI is InChI=1S/C27H24N2O2/c1-30-21-11-13-23-24-14-12-22(31-2)16-26(24)27(25(23)15-21,17-3-7-19(28)8-4-17)18-5-9-20(29)10-6-18/h3-16H,28-29H2,1-2H3. The Hall–Kier alpha value is -3.92. The van der Waals surface area contributed by atoms with Crippen LogP contribution in [0.3, 0.4) is 0 Å². The molecule has 0 fully saturated rings. The summed E-state index contributed by atoms with van der Waals surface area (Å²) in [6.07, 6.45) is 0. The Morgan fingerprint density at radius 2 is 0.935 bits per heavy atom. The Bertz CT molecular complexity index is 1160. The monoisotopic (exact) mass is 408 g/mol. The van der Waals surface area contributed by atoms with Gasteiger partial charge in [0, 0.05) is 11.4 Å². The fraction of sp³-hybridized carbons (Fsp3) is 0.111. The molecule has 0 heterocycles. The molecule has 0 atom stereocenters. The topological polar surface area (TPSA) is 70.5 Å². The maximum atomic E-state index is 6.05. The van der Waals surface area contributed by atoms with Gasteiger partial charge in [-0.05, 0) is 81.9 Å². The van der Waals surface area contributed by atoms with Gasteiger partial charge in [0.2, 0.25) is 0 Å². The van der Waals surface area contributed by atoms with Crippen molar-refractivity contribution in [3.8, 4) is 22.6 Å². The van der Waals surface area contributed by atoms with Crippen molar-refractivity contribution in [1.29, 1.82) is 0 Å². The molecule has 154 valence electrons. The predicted octanol–water partition coefficient (Wildman–Crippen LogP) is 5.23. The van der Waals surface area contributed by atoms with Gasteiger partial charge in [-0.3, -0.25) is 0 Å². The van der Waals surface area contributed by atoms with E-state index in [1.807, 2.05) is 36.4 Å². The molecule has 0 bridgehead atoms. The number of anilines is 2. The molecule has 0 radical (unpaired) electrons. The molecule has 0 amide bonds. The van der Waals surface area contributed by atoms with Crippen LogP contribution in [0.5, 0.6) is 11.5 Å². The summed E-state index contributed by atoms with van der Waals surface area (Å²) < 4.78 is 11.2. The molecule has 1 aliphatic rings. The van der Waals surface area contributed by atoms with Crippen molar-refractivity contribution < 1.29 is 9.47 Å². The third kappa shape index (κ3) is 2.76. The van der Waals surface area contributed by atoms with Gasteiger partial charge >= 0.3 is 0 Å². The second-order valence-corrected chi connectivity index (χ2v) is 7.82. The smallest absolute Gasteiger partial charge is 0.119 e. The third-order valence-corrected chi connectivity index (χ3v) is 6.24. The lowest BCUT2D eigenvalue weighted by Crippen LogP contribution is -2.28. The molecule has 4 N–H and O–H groups in total. The predicted molar refractivity (Wildman–Crippen MR) is 126 cm³/mol. The van der Waals surface area contributed by atoms with Crippen LogP contribution < -0.4 is 20.9 Å². The minimum Gasteiger partial charge on any atom is -0.497 e. The summed E-state index contributed by atoms with van der Waals surface area (Å²) in [5.41, 5.74) is 19.9. The zero-order chi connectivity index (χ0) is 21.6. The van der Waals surface area contributed by atoms with Crippen LogP contribution in [0.4, 0.5) is 11.4 Å². The molecule has 4 nitrogen and oxygen atoms in total. The Labute approximate surface area is 182 Å². The first-order valence-electron chi connectivity index (χ1n) is 10.2. The Morgan fingerprint density at radius 3 is 1.29 bits per heavy atom. The minimum absolute atomic E-state index is 0.560. The SMILES string of the molecule is COc1ccc2c(c1)C(c1ccc(N)cc1)(c1ccc(N)cc1)c1cc(OC)ccc1-2. The number of benzene rings is 4. The first kappa shape index (κ1) is 19.1. The Morgan fingerprint density at radius 1 is 0.548 bits per heavy atom. The minimum atomic E-state index is -0.560. The molecule has 31 heavy (non-hydrogen) atoms. The highest BCUT2D eigenvalue weighted by molar-refractivity contribution is 5.87. The van der Waals surface area contributed by atoms with Gasteiger partial charge in [-0.25, -0.2) is 0 Å². The molecule has 4 aromatic rings. The van der Waals surface area contributed by atoms with E-state index in [0.29, 0.717) is 0 Å². The number of methoxy groups -OCH3 is 2. The second-order valence-electron chi connectivity index (χ2n) is 7.82. The van der Waals surface area contributed by atoms with Crippen molar-refractivity contribution in [2.24, 2.45) is 0 Å². The number of ether oxygens (including phenoxy) is 2. The van der Waals surface area contributed by atoms with Crippen molar-refractivity contribution in [3.05, 3.63) is 107 Å². The molecule has 0 aliphatic heterocycles. The van der Waals surface area contributed by atoms with E-state index in [1.54, 1.807) is 14.2 Å². The average molecular weight is 409 g/mol. The number of nitrogen functional groups attached to an aromatic ring is 2. The van der Waals surface area contributed by atoms with E-state index in [1.165, 1.54) is 11.1 Å². The lowest BCUT2D eigenvalue weighted by atomic mass is 9.67. The summed E-state index contributed by atoms with van der Waals surface area (Å²) in [4.78, 5) is 0. The van der Waals surface area contributed by atoms with E-state index in [9.17, 15) is 0 Å². The lowest BCUT2D eigenvalue weighted by molar-refractivity contribution is 0.413. The van der Waals surface area contributed by atoms with Gasteiger partial charge in [0.1, 0.15) is 11.5 Å². The molecule has 0 aromatic heterocycles. The Kier molecular flexibility index (Phi) is 4.36. The third-order valence-electron chi connectivity index (χ3n) is 6.24. The number of rotatable bonds is 4. The van der Waals surface area contributed by atoms with Gasteiger partial charge in [0.15, 0.2) is 0 Å². The first-order valence-corrected chi connectivity index (χ1v) is 10.2. The van der Waals surface area contributed by atoms with E-state index in [4.69, 9.17) is 20.9 Å². The van der Waals surface area contributed by atoms with Crippen molar-refractivity contribution in [3.63, 3.8) is 0 Å². The summed E-state index contributed by atoms with van der Waals surface area (Å²) in [6, 6.07) is 28.8.